The van der Waals surface area contributed by atoms with Crippen molar-refractivity contribution < 1.29 is 14.7 Å². The summed E-state index contributed by atoms with van der Waals surface area (Å²) in [4.78, 5) is 27.6. The van der Waals surface area contributed by atoms with E-state index in [1.165, 1.54) is 19.0 Å². The zero-order chi connectivity index (χ0) is 24.3. The normalized spacial score (nSPS) is 19.4. The van der Waals surface area contributed by atoms with Crippen LogP contribution in [0.4, 0.5) is 0 Å². The van der Waals surface area contributed by atoms with Crippen LogP contribution in [0.1, 0.15) is 50.7 Å². The molecule has 2 fully saturated rings. The number of nitriles is 1. The zero-order valence-electron chi connectivity index (χ0n) is 19.1. The zero-order valence-corrected chi connectivity index (χ0v) is 19.1. The molecule has 1 saturated carbocycles. The molecule has 6 N–H and O–H groups in total. The Morgan fingerprint density at radius 2 is 1.94 bits per heavy atom. The van der Waals surface area contributed by atoms with Crippen LogP contribution in [0.3, 0.4) is 0 Å². The van der Waals surface area contributed by atoms with Crippen molar-refractivity contribution in [3.8, 4) is 6.07 Å². The Bertz CT molecular complexity index is 881. The number of nitrogens with one attached hydrogen (secondary N) is 1. The van der Waals surface area contributed by atoms with E-state index >= 15 is 0 Å². The van der Waals surface area contributed by atoms with Crippen LogP contribution in [-0.4, -0.2) is 53.3 Å². The smallest absolute Gasteiger partial charge is 0.253 e. The number of aliphatic hydroxyl groups is 1. The SMILES string of the molecule is CC1CC1.N#CCC1(N/C=C(/C(N)=O)C(N)=NC=O)CCN(CC(O)c2ccccc2)CC1. The molecule has 1 aliphatic heterocycles. The third-order valence-electron chi connectivity index (χ3n) is 5.97. The minimum absolute atomic E-state index is 0.114. The molecule has 1 aromatic carbocycles. The van der Waals surface area contributed by atoms with Crippen molar-refractivity contribution in [3.05, 3.63) is 47.7 Å². The number of likely N-dealkylation sites (tertiary alicyclic amines) is 1. The van der Waals surface area contributed by atoms with Crippen LogP contribution in [0.25, 0.3) is 0 Å². The number of piperidine rings is 1. The molecule has 9 heteroatoms. The first kappa shape index (κ1) is 26.0. The number of β-amino-alcohol motifs (C(OH)–C–C–N with tert-alkyl or cyclic N) is 1. The molecule has 0 bridgehead atoms. The lowest BCUT2D eigenvalue weighted by Gasteiger charge is -2.41. The Morgan fingerprint density at radius 3 is 2.42 bits per heavy atom. The number of amidine groups is 1. The maximum absolute atomic E-state index is 11.6. The second kappa shape index (κ2) is 12.7. The van der Waals surface area contributed by atoms with Gasteiger partial charge < -0.3 is 26.8 Å². The average molecular weight is 455 g/mol. The van der Waals surface area contributed by atoms with E-state index < -0.39 is 17.6 Å². The minimum atomic E-state index is -0.823. The third kappa shape index (κ3) is 8.67. The van der Waals surface area contributed by atoms with Crippen LogP contribution < -0.4 is 16.8 Å². The summed E-state index contributed by atoms with van der Waals surface area (Å²) in [6, 6.07) is 11.6. The predicted molar refractivity (Wildman–Crippen MR) is 127 cm³/mol. The number of hydrogen-bond acceptors (Lipinski definition) is 6. The van der Waals surface area contributed by atoms with E-state index in [0.717, 1.165) is 11.5 Å². The molecule has 33 heavy (non-hydrogen) atoms. The van der Waals surface area contributed by atoms with E-state index in [1.807, 2.05) is 30.3 Å². The van der Waals surface area contributed by atoms with Gasteiger partial charge in [-0.2, -0.15) is 10.3 Å². The van der Waals surface area contributed by atoms with E-state index in [2.05, 4.69) is 28.2 Å². The molecule has 1 unspecified atom stereocenters. The predicted octanol–water partition coefficient (Wildman–Crippen LogP) is 1.36. The fourth-order valence-corrected chi connectivity index (χ4v) is 3.50. The molecule has 178 valence electrons. The summed E-state index contributed by atoms with van der Waals surface area (Å²) >= 11 is 0. The number of rotatable bonds is 9. The third-order valence-corrected chi connectivity index (χ3v) is 5.97. The lowest BCUT2D eigenvalue weighted by Crippen LogP contribution is -2.52. The number of aliphatic imine (C=N–C) groups is 1. The van der Waals surface area contributed by atoms with Gasteiger partial charge in [-0.3, -0.25) is 9.59 Å². The summed E-state index contributed by atoms with van der Waals surface area (Å²) < 4.78 is 0. The number of primary amides is 1. The summed E-state index contributed by atoms with van der Waals surface area (Å²) in [6.45, 7) is 4.10. The Balaban J connectivity index is 0.000000866. The molecule has 1 heterocycles. The van der Waals surface area contributed by atoms with Crippen molar-refractivity contribution in [1.82, 2.24) is 10.2 Å². The second-order valence-electron chi connectivity index (χ2n) is 8.71. The maximum atomic E-state index is 11.6. The van der Waals surface area contributed by atoms with Crippen LogP contribution in [0.5, 0.6) is 0 Å². The Morgan fingerprint density at radius 1 is 1.33 bits per heavy atom. The number of hydrogen-bond donors (Lipinski definition) is 4. The molecule has 2 aliphatic rings. The highest BCUT2D eigenvalue weighted by Gasteiger charge is 2.34. The summed E-state index contributed by atoms with van der Waals surface area (Å²) in [5, 5.41) is 22.8. The van der Waals surface area contributed by atoms with Gasteiger partial charge in [0.1, 0.15) is 5.84 Å². The molecule has 1 aromatic rings. The fraction of sp³-hybridized carbons (Fsp3) is 0.500. The van der Waals surface area contributed by atoms with Gasteiger partial charge in [-0.1, -0.05) is 50.1 Å². The van der Waals surface area contributed by atoms with Crippen LogP contribution in [0.2, 0.25) is 0 Å². The molecule has 9 nitrogen and oxygen atoms in total. The number of nitrogens with zero attached hydrogens (tertiary/aromatic N) is 3. The quantitative estimate of drug-likeness (QED) is 0.190. The highest BCUT2D eigenvalue weighted by molar-refractivity contribution is 6.20. The average Bonchev–Trinajstić information content (AvgIpc) is 3.59. The highest BCUT2D eigenvalue weighted by atomic mass is 16.3. The summed E-state index contributed by atoms with van der Waals surface area (Å²) in [5.41, 5.74) is 11.1. The van der Waals surface area contributed by atoms with Gasteiger partial charge in [-0.25, -0.2) is 0 Å². The maximum Gasteiger partial charge on any atom is 0.253 e. The molecule has 2 amide bonds. The van der Waals surface area contributed by atoms with Gasteiger partial charge in [0.2, 0.25) is 6.41 Å². The lowest BCUT2D eigenvalue weighted by atomic mass is 9.84. The van der Waals surface area contributed by atoms with E-state index in [9.17, 15) is 20.0 Å². The first-order chi connectivity index (χ1) is 15.8. The highest BCUT2D eigenvalue weighted by Crippen LogP contribution is 2.27. The topological polar surface area (TPSA) is 158 Å². The van der Waals surface area contributed by atoms with Crippen molar-refractivity contribution in [2.45, 2.75) is 50.7 Å². The Kier molecular flexibility index (Phi) is 10.0. The van der Waals surface area contributed by atoms with Crippen molar-refractivity contribution >= 4 is 18.2 Å². The van der Waals surface area contributed by atoms with Crippen LogP contribution in [-0.2, 0) is 9.59 Å². The molecule has 1 atom stereocenters. The molecule has 0 spiro atoms. The molecule has 3 rings (SSSR count). The van der Waals surface area contributed by atoms with E-state index in [0.29, 0.717) is 32.5 Å². The number of carbonyl (C=O) groups excluding carboxylic acids is 2. The van der Waals surface area contributed by atoms with Crippen molar-refractivity contribution in [1.29, 1.82) is 5.26 Å². The van der Waals surface area contributed by atoms with Crippen LogP contribution in [0.15, 0.2) is 47.1 Å². The van der Waals surface area contributed by atoms with Gasteiger partial charge in [0.25, 0.3) is 5.91 Å². The van der Waals surface area contributed by atoms with Gasteiger partial charge in [-0.15, -0.1) is 0 Å². The van der Waals surface area contributed by atoms with Crippen molar-refractivity contribution in [2.24, 2.45) is 22.4 Å². The Hall–Kier alpha value is -3.22. The standard InChI is InChI=1S/C20H26N6O3.C4H8/c21-9-6-20(25-12-16(19(23)29)18(22)24-14-27)7-10-26(11-8-20)13-17(28)15-4-2-1-3-5-15;1-4-2-3-4/h1-5,12,14,17,25,28H,6-8,10-11,13H2,(H2,23,29)(H2,22,24,27);4H,2-3H2,1H3/b16-12+;. The van der Waals surface area contributed by atoms with Gasteiger partial charge in [0.05, 0.1) is 29.7 Å². The first-order valence-electron chi connectivity index (χ1n) is 11.2. The number of carbonyl (C=O) groups is 2. The summed E-state index contributed by atoms with van der Waals surface area (Å²) in [7, 11) is 0. The monoisotopic (exact) mass is 454 g/mol. The van der Waals surface area contributed by atoms with Gasteiger partial charge in [-0.05, 0) is 24.3 Å². The van der Waals surface area contributed by atoms with Crippen molar-refractivity contribution in [2.75, 3.05) is 19.6 Å². The molecule has 1 aliphatic carbocycles. The minimum Gasteiger partial charge on any atom is -0.387 e. The fourth-order valence-electron chi connectivity index (χ4n) is 3.50. The van der Waals surface area contributed by atoms with Crippen molar-refractivity contribution in [3.63, 3.8) is 0 Å². The molecular weight excluding hydrogens is 420 g/mol. The van der Waals surface area contributed by atoms with Crippen LogP contribution in [0, 0.1) is 17.2 Å². The molecular formula is C24H34N6O3. The van der Waals surface area contributed by atoms with E-state index in [4.69, 9.17) is 11.5 Å². The summed E-state index contributed by atoms with van der Waals surface area (Å²) in [5.74, 6) is -0.0216. The van der Waals surface area contributed by atoms with Gasteiger partial charge in [0.15, 0.2) is 0 Å². The lowest BCUT2D eigenvalue weighted by molar-refractivity contribution is -0.114. The second-order valence-corrected chi connectivity index (χ2v) is 8.71. The molecule has 0 aromatic heterocycles. The number of nitrogens with two attached hydrogens (primary N) is 2. The molecule has 0 radical (unpaired) electrons. The summed E-state index contributed by atoms with van der Waals surface area (Å²) in [6.07, 6.45) is 5.40. The molecule has 1 saturated heterocycles. The number of amides is 2. The largest absolute Gasteiger partial charge is 0.387 e. The van der Waals surface area contributed by atoms with E-state index in [1.54, 1.807) is 0 Å². The van der Waals surface area contributed by atoms with Gasteiger partial charge >= 0.3 is 0 Å². The van der Waals surface area contributed by atoms with Crippen LogP contribution >= 0.6 is 0 Å². The number of aliphatic hydroxyl groups excluding tert-OH is 1. The first-order valence-corrected chi connectivity index (χ1v) is 11.2. The number of benzene rings is 1. The van der Waals surface area contributed by atoms with Gasteiger partial charge in [0, 0.05) is 25.8 Å². The Labute approximate surface area is 195 Å². The van der Waals surface area contributed by atoms with E-state index in [-0.39, 0.29) is 24.2 Å².